The summed E-state index contributed by atoms with van der Waals surface area (Å²) in [5, 5.41) is 4.95. The summed E-state index contributed by atoms with van der Waals surface area (Å²) < 4.78 is 58.9. The number of para-hydroxylation sites is 1. The molecule has 54 heavy (non-hydrogen) atoms. The molecule has 4 aliphatic rings. The number of nitrogens with one attached hydrogen (secondary N) is 2. The number of methoxy groups -OCH3 is 2. The van der Waals surface area contributed by atoms with Crippen LogP contribution in [0.25, 0.3) is 0 Å². The molecular formula is C40H42N4O9S. The van der Waals surface area contributed by atoms with Crippen LogP contribution in [-0.2, 0) is 29.5 Å². The maximum atomic E-state index is 13.9. The molecule has 4 heterocycles. The number of anilines is 3. The zero-order valence-corrected chi connectivity index (χ0v) is 30.9. The SMILES string of the molecule is COc1cc2c(cc1OCCCCCOc1cc3c(cc1OC)C(=O)N1c4ccccc4C[C@H]1C(S(=O)(=O)O)N3)NC[C@@H]1Cc3ccccc3CN1C2=O. The van der Waals surface area contributed by atoms with E-state index in [-0.39, 0.29) is 29.6 Å². The highest BCUT2D eigenvalue weighted by Gasteiger charge is 2.47. The van der Waals surface area contributed by atoms with Crippen LogP contribution < -0.4 is 34.5 Å². The topological polar surface area (TPSA) is 156 Å². The van der Waals surface area contributed by atoms with E-state index in [0.717, 1.165) is 30.5 Å². The third kappa shape index (κ3) is 6.53. The molecular weight excluding hydrogens is 713 g/mol. The van der Waals surface area contributed by atoms with Gasteiger partial charge in [-0.3, -0.25) is 14.1 Å². The van der Waals surface area contributed by atoms with E-state index in [9.17, 15) is 22.6 Å². The number of carbonyl (C=O) groups is 2. The standard InChI is InChI=1S/C40H42N4O9S/c1-50-34-18-28-30(41-22-27-16-24-10-4-5-12-26(24)23-43(27)39(28)45)20-36(34)52-14-8-3-9-15-53-37-21-31-29(19-35(37)51-2)40(46)44-32-13-7-6-11-25(32)17-33(44)38(42-31)54(47,48)49/h4-7,10-13,18-21,27,33,38,41-42H,3,8-9,14-17,22-23H2,1-2H3,(H,47,48,49)/t27-,33-,38?/m0/s1. The van der Waals surface area contributed by atoms with Crippen LogP contribution in [0, 0.1) is 0 Å². The highest BCUT2D eigenvalue weighted by atomic mass is 32.2. The van der Waals surface area contributed by atoms with Crippen molar-refractivity contribution in [3.63, 3.8) is 0 Å². The van der Waals surface area contributed by atoms with Gasteiger partial charge in [0, 0.05) is 30.9 Å². The molecule has 4 aromatic rings. The molecule has 14 heteroatoms. The smallest absolute Gasteiger partial charge is 0.288 e. The van der Waals surface area contributed by atoms with Crippen molar-refractivity contribution < 1.29 is 41.5 Å². The number of hydrogen-bond donors (Lipinski definition) is 3. The normalized spacial score (nSPS) is 19.7. The summed E-state index contributed by atoms with van der Waals surface area (Å²) in [6, 6.07) is 21.4. The Hall–Kier alpha value is -5.47. The van der Waals surface area contributed by atoms with Crippen molar-refractivity contribution >= 4 is 39.0 Å². The molecule has 0 aromatic heterocycles. The van der Waals surface area contributed by atoms with Gasteiger partial charge in [0.05, 0.1) is 62.0 Å². The first-order valence-corrected chi connectivity index (χ1v) is 19.6. The predicted octanol–water partition coefficient (Wildman–Crippen LogP) is 5.54. The van der Waals surface area contributed by atoms with Crippen LogP contribution in [0.4, 0.5) is 17.1 Å². The third-order valence-corrected chi connectivity index (χ3v) is 11.8. The summed E-state index contributed by atoms with van der Waals surface area (Å²) in [7, 11) is -1.57. The van der Waals surface area contributed by atoms with E-state index in [2.05, 4.69) is 22.8 Å². The molecule has 0 bridgehead atoms. The van der Waals surface area contributed by atoms with Gasteiger partial charge in [-0.2, -0.15) is 8.42 Å². The molecule has 1 unspecified atom stereocenters. The quantitative estimate of drug-likeness (QED) is 0.131. The molecule has 3 atom stereocenters. The molecule has 0 saturated carbocycles. The van der Waals surface area contributed by atoms with Crippen LogP contribution in [0.1, 0.15) is 56.7 Å². The van der Waals surface area contributed by atoms with E-state index in [1.54, 1.807) is 37.4 Å². The largest absolute Gasteiger partial charge is 0.493 e. The van der Waals surface area contributed by atoms with Crippen molar-refractivity contribution in [2.75, 3.05) is 49.5 Å². The zero-order chi connectivity index (χ0) is 37.6. The number of carbonyl (C=O) groups excluding carboxylic acids is 2. The molecule has 4 aliphatic heterocycles. The fourth-order valence-electron chi connectivity index (χ4n) is 7.99. The van der Waals surface area contributed by atoms with Gasteiger partial charge in [-0.25, -0.2) is 0 Å². The van der Waals surface area contributed by atoms with Gasteiger partial charge in [0.15, 0.2) is 28.4 Å². The van der Waals surface area contributed by atoms with E-state index < -0.39 is 27.4 Å². The summed E-state index contributed by atoms with van der Waals surface area (Å²) in [5.74, 6) is 1.27. The number of unbranched alkanes of at least 4 members (excludes halogenated alkanes) is 2. The fraction of sp³-hybridized carbons (Fsp3) is 0.350. The Labute approximate surface area is 313 Å². The first-order valence-electron chi connectivity index (χ1n) is 18.1. The Morgan fingerprint density at radius 1 is 0.741 bits per heavy atom. The lowest BCUT2D eigenvalue weighted by atomic mass is 9.94. The number of hydrogen-bond acceptors (Lipinski definition) is 10. The maximum absolute atomic E-state index is 13.9. The molecule has 282 valence electrons. The molecule has 8 rings (SSSR count). The zero-order valence-electron chi connectivity index (χ0n) is 30.0. The van der Waals surface area contributed by atoms with Crippen LogP contribution in [0.5, 0.6) is 23.0 Å². The molecule has 0 aliphatic carbocycles. The monoisotopic (exact) mass is 754 g/mol. The minimum atomic E-state index is -4.61. The molecule has 0 radical (unpaired) electrons. The van der Waals surface area contributed by atoms with Crippen molar-refractivity contribution in [1.82, 2.24) is 4.90 Å². The maximum Gasteiger partial charge on any atom is 0.288 e. The summed E-state index contributed by atoms with van der Waals surface area (Å²) in [6.07, 6.45) is 3.23. The van der Waals surface area contributed by atoms with E-state index in [4.69, 9.17) is 18.9 Å². The number of nitrogens with zero attached hydrogens (tertiary/aromatic N) is 2. The minimum Gasteiger partial charge on any atom is -0.493 e. The molecule has 0 fully saturated rings. The summed E-state index contributed by atoms with van der Waals surface area (Å²) >= 11 is 0. The molecule has 3 N–H and O–H groups in total. The van der Waals surface area contributed by atoms with Gasteiger partial charge in [0.25, 0.3) is 21.9 Å². The Kier molecular flexibility index (Phi) is 9.48. The molecule has 0 spiro atoms. The van der Waals surface area contributed by atoms with E-state index in [1.807, 2.05) is 35.2 Å². The van der Waals surface area contributed by atoms with E-state index >= 15 is 0 Å². The second-order valence-electron chi connectivity index (χ2n) is 14.0. The van der Waals surface area contributed by atoms with Crippen molar-refractivity contribution in [1.29, 1.82) is 0 Å². The average molecular weight is 755 g/mol. The Balaban J connectivity index is 0.890. The summed E-state index contributed by atoms with van der Waals surface area (Å²) in [5.41, 5.74) is 5.59. The van der Waals surface area contributed by atoms with Gasteiger partial charge in [-0.05, 0) is 67.0 Å². The summed E-state index contributed by atoms with van der Waals surface area (Å²) in [4.78, 5) is 31.0. The van der Waals surface area contributed by atoms with Gasteiger partial charge >= 0.3 is 0 Å². The first kappa shape index (κ1) is 35.6. The number of fused-ring (bicyclic) bond motifs is 7. The van der Waals surface area contributed by atoms with Crippen molar-refractivity contribution in [3.8, 4) is 23.0 Å². The van der Waals surface area contributed by atoms with Gasteiger partial charge in [0.1, 0.15) is 0 Å². The molecule has 4 aromatic carbocycles. The molecule has 13 nitrogen and oxygen atoms in total. The van der Waals surface area contributed by atoms with Gasteiger partial charge in [0.2, 0.25) is 0 Å². The van der Waals surface area contributed by atoms with Crippen molar-refractivity contribution in [3.05, 3.63) is 101 Å². The summed E-state index contributed by atoms with van der Waals surface area (Å²) in [6.45, 7) is 1.95. The minimum absolute atomic E-state index is 0.0304. The van der Waals surface area contributed by atoms with Crippen molar-refractivity contribution in [2.45, 2.75) is 56.1 Å². The van der Waals surface area contributed by atoms with Crippen LogP contribution in [0.2, 0.25) is 0 Å². The van der Waals surface area contributed by atoms with Gasteiger partial charge in [-0.15, -0.1) is 0 Å². The number of amides is 2. The highest BCUT2D eigenvalue weighted by Crippen LogP contribution is 2.43. The second-order valence-corrected chi connectivity index (χ2v) is 15.5. The lowest BCUT2D eigenvalue weighted by molar-refractivity contribution is 0.0660. The average Bonchev–Trinajstić information content (AvgIpc) is 3.44. The van der Waals surface area contributed by atoms with Crippen LogP contribution in [-0.4, -0.2) is 81.1 Å². The third-order valence-electron chi connectivity index (χ3n) is 10.7. The molecule has 2 amide bonds. The first-order chi connectivity index (χ1) is 26.1. The molecule has 0 saturated heterocycles. The number of benzene rings is 4. The van der Waals surface area contributed by atoms with Gasteiger partial charge < -0.3 is 39.4 Å². The highest BCUT2D eigenvalue weighted by molar-refractivity contribution is 7.86. The van der Waals surface area contributed by atoms with Crippen molar-refractivity contribution in [2.24, 2.45) is 0 Å². The lowest BCUT2D eigenvalue weighted by Crippen LogP contribution is -2.49. The van der Waals surface area contributed by atoms with E-state index in [0.29, 0.717) is 67.0 Å². The Morgan fingerprint density at radius 3 is 2.02 bits per heavy atom. The van der Waals surface area contributed by atoms with Crippen LogP contribution in [0.15, 0.2) is 72.8 Å². The Bertz CT molecular complexity index is 2230. The fourth-order valence-corrected chi connectivity index (χ4v) is 8.88. The number of ether oxygens (including phenoxy) is 4. The number of rotatable bonds is 11. The van der Waals surface area contributed by atoms with Gasteiger partial charge in [-0.1, -0.05) is 42.5 Å². The lowest BCUT2D eigenvalue weighted by Gasteiger charge is -2.35. The Morgan fingerprint density at radius 2 is 1.35 bits per heavy atom. The second kappa shape index (κ2) is 14.4. The predicted molar refractivity (Wildman–Crippen MR) is 203 cm³/mol. The van der Waals surface area contributed by atoms with E-state index in [1.165, 1.54) is 23.1 Å². The van der Waals surface area contributed by atoms with Crippen LogP contribution in [0.3, 0.4) is 0 Å². The van der Waals surface area contributed by atoms with Crippen LogP contribution >= 0.6 is 0 Å².